The van der Waals surface area contributed by atoms with E-state index in [1.807, 2.05) is 0 Å². The lowest BCUT2D eigenvalue weighted by Crippen LogP contribution is -2.11. The third-order valence-electron chi connectivity index (χ3n) is 1.87. The first kappa shape index (κ1) is 8.13. The van der Waals surface area contributed by atoms with Gasteiger partial charge in [-0.1, -0.05) is 18.8 Å². The van der Waals surface area contributed by atoms with Crippen molar-refractivity contribution in [2.24, 2.45) is 5.92 Å². The zero-order valence-electron chi connectivity index (χ0n) is 6.47. The Morgan fingerprint density at radius 2 is 2.18 bits per heavy atom. The second-order valence-corrected chi connectivity index (χ2v) is 2.81. The van der Waals surface area contributed by atoms with Gasteiger partial charge in [0, 0.05) is 6.42 Å². The highest BCUT2D eigenvalue weighted by Crippen LogP contribution is 2.12. The largest absolute Gasteiger partial charge is 0.480 e. The van der Waals surface area contributed by atoms with Gasteiger partial charge in [-0.05, 0) is 12.8 Å². The molecule has 0 amide bonds. The molecule has 1 rings (SSSR count). The fourth-order valence-electron chi connectivity index (χ4n) is 1.19. The van der Waals surface area contributed by atoms with Crippen LogP contribution in [0.5, 0.6) is 0 Å². The van der Waals surface area contributed by atoms with Crippen LogP contribution in [0.3, 0.4) is 0 Å². The topological polar surface area (TPSA) is 37.3 Å². The van der Waals surface area contributed by atoms with E-state index in [0.29, 0.717) is 0 Å². The van der Waals surface area contributed by atoms with E-state index in [0.717, 1.165) is 32.1 Å². The fourth-order valence-corrected chi connectivity index (χ4v) is 1.19. The van der Waals surface area contributed by atoms with E-state index in [1.54, 1.807) is 0 Å². The number of hydrogen-bond acceptors (Lipinski definition) is 1. The van der Waals surface area contributed by atoms with Crippen molar-refractivity contribution in [2.45, 2.75) is 32.1 Å². The van der Waals surface area contributed by atoms with Gasteiger partial charge in [0.15, 0.2) is 0 Å². The Kier molecular flexibility index (Phi) is 2.97. The third-order valence-corrected chi connectivity index (χ3v) is 1.87. The van der Waals surface area contributed by atoms with E-state index in [2.05, 4.69) is 11.8 Å². The van der Waals surface area contributed by atoms with Crippen molar-refractivity contribution < 1.29 is 9.90 Å². The molecule has 1 aliphatic rings. The van der Waals surface area contributed by atoms with Gasteiger partial charge in [0.1, 0.15) is 5.92 Å². The molecule has 1 aliphatic carbocycles. The summed E-state index contributed by atoms with van der Waals surface area (Å²) in [6.07, 6.45) is 4.84. The van der Waals surface area contributed by atoms with Crippen LogP contribution in [0.1, 0.15) is 32.1 Å². The second kappa shape index (κ2) is 4.02. The van der Waals surface area contributed by atoms with Gasteiger partial charge in [0.25, 0.3) is 0 Å². The Morgan fingerprint density at radius 1 is 1.36 bits per heavy atom. The van der Waals surface area contributed by atoms with Crippen LogP contribution >= 0.6 is 0 Å². The summed E-state index contributed by atoms with van der Waals surface area (Å²) in [6, 6.07) is 0. The van der Waals surface area contributed by atoms with Crippen molar-refractivity contribution in [3.05, 3.63) is 0 Å². The van der Waals surface area contributed by atoms with E-state index in [4.69, 9.17) is 5.11 Å². The summed E-state index contributed by atoms with van der Waals surface area (Å²) in [4.78, 5) is 10.5. The molecule has 0 heterocycles. The van der Waals surface area contributed by atoms with E-state index in [-0.39, 0.29) is 0 Å². The lowest BCUT2D eigenvalue weighted by Gasteiger charge is -2.06. The van der Waals surface area contributed by atoms with E-state index >= 15 is 0 Å². The smallest absolute Gasteiger partial charge is 0.318 e. The molecule has 1 N–H and O–H groups in total. The van der Waals surface area contributed by atoms with Crippen LogP contribution < -0.4 is 0 Å². The Bertz CT molecular complexity index is 197. The quantitative estimate of drug-likeness (QED) is 0.580. The Labute approximate surface area is 66.6 Å². The predicted octanol–water partition coefficient (Wildman–Crippen LogP) is 1.65. The summed E-state index contributed by atoms with van der Waals surface area (Å²) < 4.78 is 0. The van der Waals surface area contributed by atoms with Gasteiger partial charge in [-0.25, -0.2) is 0 Å². The molecular formula is C9H12O2. The maximum atomic E-state index is 10.5. The summed E-state index contributed by atoms with van der Waals surface area (Å²) in [6.45, 7) is 0. The zero-order valence-corrected chi connectivity index (χ0v) is 6.47. The summed E-state index contributed by atoms with van der Waals surface area (Å²) in [5, 5.41) is 8.65. The van der Waals surface area contributed by atoms with Gasteiger partial charge in [-0.2, -0.15) is 0 Å². The first-order valence-electron chi connectivity index (χ1n) is 4.02. The molecule has 0 saturated heterocycles. The van der Waals surface area contributed by atoms with Crippen molar-refractivity contribution in [3.63, 3.8) is 0 Å². The average molecular weight is 152 g/mol. The van der Waals surface area contributed by atoms with Gasteiger partial charge in [0.2, 0.25) is 0 Å². The molecule has 1 atom stereocenters. The van der Waals surface area contributed by atoms with Crippen molar-refractivity contribution in [2.75, 3.05) is 0 Å². The fraction of sp³-hybridized carbons (Fsp3) is 0.667. The van der Waals surface area contributed by atoms with Crippen molar-refractivity contribution >= 4 is 5.97 Å². The maximum absolute atomic E-state index is 10.5. The first-order chi connectivity index (χ1) is 5.30. The lowest BCUT2D eigenvalue weighted by atomic mass is 9.99. The number of aliphatic carboxylic acids is 1. The summed E-state index contributed by atoms with van der Waals surface area (Å²) >= 11 is 0. The molecule has 0 fully saturated rings. The molecule has 0 bridgehead atoms. The molecular weight excluding hydrogens is 140 g/mol. The van der Waals surface area contributed by atoms with Crippen LogP contribution in [0.4, 0.5) is 0 Å². The predicted molar refractivity (Wildman–Crippen MR) is 42.0 cm³/mol. The van der Waals surface area contributed by atoms with Gasteiger partial charge in [-0.15, -0.1) is 5.92 Å². The molecule has 0 aromatic heterocycles. The van der Waals surface area contributed by atoms with Crippen molar-refractivity contribution in [1.29, 1.82) is 0 Å². The standard InChI is InChI=1S/C9H12O2/c10-9(11)8-6-4-2-1-3-5-7-8/h8H,1-4,6H2,(H,10,11). The van der Waals surface area contributed by atoms with Crippen molar-refractivity contribution in [1.82, 2.24) is 0 Å². The van der Waals surface area contributed by atoms with Crippen LogP contribution in [-0.2, 0) is 4.79 Å². The Morgan fingerprint density at radius 3 is 2.91 bits per heavy atom. The minimum atomic E-state index is -0.764. The van der Waals surface area contributed by atoms with E-state index in [1.165, 1.54) is 0 Å². The summed E-state index contributed by atoms with van der Waals surface area (Å²) in [5.41, 5.74) is 0. The van der Waals surface area contributed by atoms with E-state index < -0.39 is 11.9 Å². The molecule has 1 unspecified atom stereocenters. The van der Waals surface area contributed by atoms with Crippen LogP contribution in [0, 0.1) is 17.8 Å². The molecule has 0 saturated carbocycles. The van der Waals surface area contributed by atoms with Gasteiger partial charge in [-0.3, -0.25) is 4.79 Å². The minimum absolute atomic E-state index is 0.407. The molecule has 0 spiro atoms. The normalized spacial score (nSPS) is 24.2. The number of hydrogen-bond donors (Lipinski definition) is 1. The molecule has 0 radical (unpaired) electrons. The maximum Gasteiger partial charge on any atom is 0.318 e. The molecule has 0 aromatic carbocycles. The Balaban J connectivity index is 2.54. The van der Waals surface area contributed by atoms with Crippen LogP contribution in [0.2, 0.25) is 0 Å². The van der Waals surface area contributed by atoms with Crippen LogP contribution in [0.25, 0.3) is 0 Å². The summed E-state index contributed by atoms with van der Waals surface area (Å²) in [5.74, 6) is 4.49. The summed E-state index contributed by atoms with van der Waals surface area (Å²) in [7, 11) is 0. The number of carboxylic acids is 1. The minimum Gasteiger partial charge on any atom is -0.480 e. The van der Waals surface area contributed by atoms with Crippen molar-refractivity contribution in [3.8, 4) is 11.8 Å². The molecule has 11 heavy (non-hydrogen) atoms. The average Bonchev–Trinajstić information content (AvgIpc) is 1.84. The van der Waals surface area contributed by atoms with Gasteiger partial charge >= 0.3 is 5.97 Å². The SMILES string of the molecule is O=C(O)C1C#CCCCCC1. The van der Waals surface area contributed by atoms with Gasteiger partial charge in [0.05, 0.1) is 0 Å². The second-order valence-electron chi connectivity index (χ2n) is 2.81. The number of rotatable bonds is 1. The Hall–Kier alpha value is -0.970. The van der Waals surface area contributed by atoms with Crippen LogP contribution in [-0.4, -0.2) is 11.1 Å². The lowest BCUT2D eigenvalue weighted by molar-refractivity contribution is -0.139. The van der Waals surface area contributed by atoms with E-state index in [9.17, 15) is 4.79 Å². The number of carbonyl (C=O) groups is 1. The third kappa shape index (κ3) is 2.63. The highest BCUT2D eigenvalue weighted by atomic mass is 16.4. The molecule has 2 heteroatoms. The highest BCUT2D eigenvalue weighted by Gasteiger charge is 2.13. The number of carboxylic acid groups (broad SMARTS) is 1. The molecule has 0 aliphatic heterocycles. The highest BCUT2D eigenvalue weighted by molar-refractivity contribution is 5.73. The molecule has 60 valence electrons. The molecule has 0 aromatic rings. The van der Waals surface area contributed by atoms with Crippen LogP contribution in [0.15, 0.2) is 0 Å². The first-order valence-corrected chi connectivity index (χ1v) is 4.02. The molecule has 2 nitrogen and oxygen atoms in total. The zero-order chi connectivity index (χ0) is 8.10. The van der Waals surface area contributed by atoms with Gasteiger partial charge < -0.3 is 5.11 Å². The monoisotopic (exact) mass is 152 g/mol.